The molecule has 2 nitrogen and oxygen atoms in total. The largest absolute Gasteiger partial charge is 0.370 e. The minimum atomic E-state index is 0.302. The van der Waals surface area contributed by atoms with E-state index < -0.39 is 0 Å². The van der Waals surface area contributed by atoms with E-state index in [0.717, 1.165) is 28.4 Å². The summed E-state index contributed by atoms with van der Waals surface area (Å²) >= 11 is 3.46. The molecule has 0 saturated carbocycles. The highest BCUT2D eigenvalue weighted by Gasteiger charge is 2.19. The lowest BCUT2D eigenvalue weighted by atomic mass is 9.84. The Labute approximate surface area is 113 Å². The van der Waals surface area contributed by atoms with E-state index in [-0.39, 0.29) is 0 Å². The maximum absolute atomic E-state index is 4.50. The number of aryl methyl sites for hydroxylation is 1. The third-order valence-electron chi connectivity index (χ3n) is 2.73. The molecule has 96 valence electrons. The van der Waals surface area contributed by atoms with E-state index >= 15 is 0 Å². The molecule has 0 aliphatic heterocycles. The highest BCUT2D eigenvalue weighted by Crippen LogP contribution is 2.25. The molecule has 0 aromatic carbocycles. The molecule has 0 amide bonds. The van der Waals surface area contributed by atoms with E-state index in [1.807, 2.05) is 19.1 Å². The summed E-state index contributed by atoms with van der Waals surface area (Å²) in [5.74, 6) is 1.69. The Balaban J connectivity index is 2.58. The van der Waals surface area contributed by atoms with Crippen LogP contribution in [0.25, 0.3) is 0 Å². The third-order valence-corrected chi connectivity index (χ3v) is 3.57. The van der Waals surface area contributed by atoms with Gasteiger partial charge in [-0.1, -0.05) is 27.7 Å². The van der Waals surface area contributed by atoms with Gasteiger partial charge in [0.1, 0.15) is 5.82 Å². The molecule has 0 aliphatic carbocycles. The Hall–Kier alpha value is -0.570. The fourth-order valence-corrected chi connectivity index (χ4v) is 2.37. The van der Waals surface area contributed by atoms with Gasteiger partial charge in [-0.15, -0.1) is 0 Å². The molecule has 0 saturated heterocycles. The Morgan fingerprint density at radius 1 is 1.35 bits per heavy atom. The number of hydrogen-bond acceptors (Lipinski definition) is 2. The summed E-state index contributed by atoms with van der Waals surface area (Å²) in [6, 6.07) is 4.06. The Kier molecular flexibility index (Phi) is 4.99. The van der Waals surface area contributed by atoms with Crippen molar-refractivity contribution >= 4 is 21.7 Å². The van der Waals surface area contributed by atoms with Crippen molar-refractivity contribution in [1.29, 1.82) is 0 Å². The van der Waals surface area contributed by atoms with Crippen LogP contribution in [0.4, 0.5) is 5.82 Å². The molecule has 1 heterocycles. The topological polar surface area (TPSA) is 24.9 Å². The summed E-state index contributed by atoms with van der Waals surface area (Å²) in [6.45, 7) is 12.1. The molecule has 0 atom stereocenters. The predicted molar refractivity (Wildman–Crippen MR) is 78.4 cm³/mol. The molecule has 1 aromatic heterocycles. The van der Waals surface area contributed by atoms with Crippen LogP contribution < -0.4 is 5.32 Å². The van der Waals surface area contributed by atoms with Crippen molar-refractivity contribution in [2.75, 3.05) is 11.9 Å². The summed E-state index contributed by atoms with van der Waals surface area (Å²) in [5, 5.41) is 3.43. The Morgan fingerprint density at radius 2 is 2.00 bits per heavy atom. The van der Waals surface area contributed by atoms with Crippen LogP contribution in [0, 0.1) is 18.3 Å². The van der Waals surface area contributed by atoms with Crippen LogP contribution in [0.15, 0.2) is 16.6 Å². The second-order valence-electron chi connectivity index (χ2n) is 5.88. The summed E-state index contributed by atoms with van der Waals surface area (Å²) in [4.78, 5) is 4.50. The number of nitrogens with one attached hydrogen (secondary N) is 1. The number of nitrogens with zero attached hydrogens (tertiary/aromatic N) is 1. The second kappa shape index (κ2) is 5.85. The molecule has 1 aromatic rings. The highest BCUT2D eigenvalue weighted by atomic mass is 79.9. The van der Waals surface area contributed by atoms with E-state index in [1.54, 1.807) is 0 Å². The average molecular weight is 299 g/mol. The van der Waals surface area contributed by atoms with Crippen LogP contribution in [0.3, 0.4) is 0 Å². The molecular weight excluding hydrogens is 276 g/mol. The van der Waals surface area contributed by atoms with Crippen LogP contribution >= 0.6 is 15.9 Å². The van der Waals surface area contributed by atoms with E-state index in [9.17, 15) is 0 Å². The first-order valence-corrected chi connectivity index (χ1v) is 6.96. The van der Waals surface area contributed by atoms with Gasteiger partial charge in [0.2, 0.25) is 0 Å². The van der Waals surface area contributed by atoms with E-state index in [0.29, 0.717) is 5.41 Å². The van der Waals surface area contributed by atoms with Gasteiger partial charge >= 0.3 is 0 Å². The summed E-state index contributed by atoms with van der Waals surface area (Å²) in [6.07, 6.45) is 1.22. The molecule has 17 heavy (non-hydrogen) atoms. The smallest absolute Gasteiger partial charge is 0.126 e. The first-order valence-electron chi connectivity index (χ1n) is 6.17. The maximum Gasteiger partial charge on any atom is 0.126 e. The SMILES string of the molecule is Cc1nc(NCC(C)(C)CC(C)C)ccc1Br. The minimum Gasteiger partial charge on any atom is -0.370 e. The Bertz CT molecular complexity index is 372. The minimum absolute atomic E-state index is 0.302. The van der Waals surface area contributed by atoms with Crippen molar-refractivity contribution in [2.45, 2.75) is 41.0 Å². The number of aromatic nitrogens is 1. The van der Waals surface area contributed by atoms with Crippen molar-refractivity contribution in [3.05, 3.63) is 22.3 Å². The molecule has 0 spiro atoms. The fourth-order valence-electron chi connectivity index (χ4n) is 2.15. The van der Waals surface area contributed by atoms with E-state index in [4.69, 9.17) is 0 Å². The fraction of sp³-hybridized carbons (Fsp3) is 0.643. The van der Waals surface area contributed by atoms with Gasteiger partial charge in [0.25, 0.3) is 0 Å². The maximum atomic E-state index is 4.50. The first kappa shape index (κ1) is 14.5. The van der Waals surface area contributed by atoms with Crippen LogP contribution in [-0.2, 0) is 0 Å². The number of anilines is 1. The third kappa shape index (κ3) is 5.07. The van der Waals surface area contributed by atoms with Gasteiger partial charge in [-0.2, -0.15) is 0 Å². The van der Waals surface area contributed by atoms with Gasteiger partial charge in [0, 0.05) is 11.0 Å². The summed E-state index contributed by atoms with van der Waals surface area (Å²) in [5.41, 5.74) is 1.33. The number of rotatable bonds is 5. The van der Waals surface area contributed by atoms with Crippen molar-refractivity contribution in [3.8, 4) is 0 Å². The monoisotopic (exact) mass is 298 g/mol. The average Bonchev–Trinajstić information content (AvgIpc) is 2.18. The van der Waals surface area contributed by atoms with Gasteiger partial charge < -0.3 is 5.32 Å². The quantitative estimate of drug-likeness (QED) is 0.857. The molecule has 1 N–H and O–H groups in total. The van der Waals surface area contributed by atoms with Gasteiger partial charge in [-0.25, -0.2) is 4.98 Å². The number of halogens is 1. The van der Waals surface area contributed by atoms with E-state index in [2.05, 4.69) is 53.9 Å². The molecule has 1 rings (SSSR count). The van der Waals surface area contributed by atoms with Crippen molar-refractivity contribution in [2.24, 2.45) is 11.3 Å². The molecule has 0 bridgehead atoms. The van der Waals surface area contributed by atoms with Crippen molar-refractivity contribution < 1.29 is 0 Å². The molecule has 0 unspecified atom stereocenters. The lowest BCUT2D eigenvalue weighted by Crippen LogP contribution is -2.25. The molecule has 0 aliphatic rings. The van der Waals surface area contributed by atoms with Crippen LogP contribution in [0.1, 0.15) is 39.8 Å². The lowest BCUT2D eigenvalue weighted by molar-refractivity contribution is 0.306. The van der Waals surface area contributed by atoms with Gasteiger partial charge in [-0.3, -0.25) is 0 Å². The van der Waals surface area contributed by atoms with Crippen molar-refractivity contribution in [3.63, 3.8) is 0 Å². The Morgan fingerprint density at radius 3 is 2.53 bits per heavy atom. The second-order valence-corrected chi connectivity index (χ2v) is 6.73. The normalized spacial score (nSPS) is 11.9. The van der Waals surface area contributed by atoms with Crippen LogP contribution in [-0.4, -0.2) is 11.5 Å². The molecule has 0 radical (unpaired) electrons. The first-order chi connectivity index (χ1) is 7.80. The number of pyridine rings is 1. The summed E-state index contributed by atoms with van der Waals surface area (Å²) in [7, 11) is 0. The van der Waals surface area contributed by atoms with Gasteiger partial charge in [-0.05, 0) is 52.7 Å². The van der Waals surface area contributed by atoms with Crippen LogP contribution in [0.2, 0.25) is 0 Å². The predicted octanol–water partition coefficient (Wildman–Crippen LogP) is 4.64. The number of hydrogen-bond donors (Lipinski definition) is 1. The highest BCUT2D eigenvalue weighted by molar-refractivity contribution is 9.10. The van der Waals surface area contributed by atoms with E-state index in [1.165, 1.54) is 6.42 Å². The zero-order valence-electron chi connectivity index (χ0n) is 11.5. The zero-order valence-corrected chi connectivity index (χ0v) is 13.1. The van der Waals surface area contributed by atoms with Gasteiger partial charge in [0.15, 0.2) is 0 Å². The summed E-state index contributed by atoms with van der Waals surface area (Å²) < 4.78 is 1.06. The molecule has 3 heteroatoms. The molecular formula is C14H23BrN2. The van der Waals surface area contributed by atoms with Crippen molar-refractivity contribution in [1.82, 2.24) is 4.98 Å². The zero-order chi connectivity index (χ0) is 13.1. The van der Waals surface area contributed by atoms with Gasteiger partial charge in [0.05, 0.1) is 5.69 Å². The lowest BCUT2D eigenvalue weighted by Gasteiger charge is -2.27. The van der Waals surface area contributed by atoms with Crippen LogP contribution in [0.5, 0.6) is 0 Å². The standard InChI is InChI=1S/C14H23BrN2/c1-10(2)8-14(4,5)9-16-13-7-6-12(15)11(3)17-13/h6-7,10H,8-9H2,1-5H3,(H,16,17). The molecule has 0 fully saturated rings.